The summed E-state index contributed by atoms with van der Waals surface area (Å²) in [6.07, 6.45) is 0.127. The van der Waals surface area contributed by atoms with Crippen LogP contribution < -0.4 is 0 Å². The van der Waals surface area contributed by atoms with E-state index < -0.39 is 5.60 Å². The lowest BCUT2D eigenvalue weighted by Gasteiger charge is -2.36. The lowest BCUT2D eigenvalue weighted by atomic mass is 9.92. The standard InChI is InChI=1S/C19H24N2O2S/c1-19(23,16-6-3-2-4-7-16)14-18(22)21-11-9-20(10-12-21)15-17-8-5-13-24-17/h2-8,13,23H,9-12,14-15H2,1H3/t19-/m0/s1. The summed E-state index contributed by atoms with van der Waals surface area (Å²) in [7, 11) is 0. The molecule has 0 saturated carbocycles. The van der Waals surface area contributed by atoms with Gasteiger partial charge in [-0.1, -0.05) is 36.4 Å². The number of rotatable bonds is 5. The predicted octanol–water partition coefficient (Wildman–Crippen LogP) is 2.69. The fraction of sp³-hybridized carbons (Fsp3) is 0.421. The highest BCUT2D eigenvalue weighted by Gasteiger charge is 2.30. The Morgan fingerprint density at radius 1 is 1.12 bits per heavy atom. The molecule has 1 aromatic heterocycles. The Labute approximate surface area is 147 Å². The molecule has 4 nitrogen and oxygen atoms in total. The first-order valence-electron chi connectivity index (χ1n) is 8.35. The summed E-state index contributed by atoms with van der Waals surface area (Å²) in [5, 5.41) is 12.8. The van der Waals surface area contributed by atoms with E-state index in [2.05, 4.69) is 22.4 Å². The summed E-state index contributed by atoms with van der Waals surface area (Å²) in [6, 6.07) is 13.6. The van der Waals surface area contributed by atoms with Crippen molar-refractivity contribution in [3.63, 3.8) is 0 Å². The van der Waals surface area contributed by atoms with Gasteiger partial charge < -0.3 is 10.0 Å². The van der Waals surface area contributed by atoms with Crippen LogP contribution in [-0.4, -0.2) is 47.0 Å². The zero-order chi connectivity index (χ0) is 17.0. The first kappa shape index (κ1) is 17.1. The van der Waals surface area contributed by atoms with Gasteiger partial charge in [0.1, 0.15) is 0 Å². The smallest absolute Gasteiger partial charge is 0.225 e. The molecular weight excluding hydrogens is 320 g/mol. The van der Waals surface area contributed by atoms with Gasteiger partial charge in [-0.2, -0.15) is 0 Å². The highest BCUT2D eigenvalue weighted by atomic mass is 32.1. The molecule has 3 rings (SSSR count). The minimum Gasteiger partial charge on any atom is -0.385 e. The van der Waals surface area contributed by atoms with Crippen LogP contribution in [0, 0.1) is 0 Å². The number of carbonyl (C=O) groups is 1. The molecule has 1 amide bonds. The van der Waals surface area contributed by atoms with Gasteiger partial charge in [0.25, 0.3) is 0 Å². The normalized spacial score (nSPS) is 18.3. The topological polar surface area (TPSA) is 43.8 Å². The van der Waals surface area contributed by atoms with Gasteiger partial charge in [-0.05, 0) is 23.9 Å². The summed E-state index contributed by atoms with van der Waals surface area (Å²) >= 11 is 1.77. The second-order valence-electron chi connectivity index (χ2n) is 6.55. The van der Waals surface area contributed by atoms with Gasteiger partial charge in [0.15, 0.2) is 0 Å². The van der Waals surface area contributed by atoms with Crippen LogP contribution in [0.25, 0.3) is 0 Å². The van der Waals surface area contributed by atoms with Crippen molar-refractivity contribution in [3.05, 3.63) is 58.3 Å². The van der Waals surface area contributed by atoms with Crippen molar-refractivity contribution in [1.82, 2.24) is 9.80 Å². The van der Waals surface area contributed by atoms with E-state index in [-0.39, 0.29) is 12.3 Å². The van der Waals surface area contributed by atoms with Crippen molar-refractivity contribution >= 4 is 17.2 Å². The van der Waals surface area contributed by atoms with Crippen LogP contribution >= 0.6 is 11.3 Å². The lowest BCUT2D eigenvalue weighted by molar-refractivity contribution is -0.138. The molecule has 1 saturated heterocycles. The SMILES string of the molecule is C[C@](O)(CC(=O)N1CCN(Cc2cccs2)CC1)c1ccccc1. The largest absolute Gasteiger partial charge is 0.385 e. The summed E-state index contributed by atoms with van der Waals surface area (Å²) < 4.78 is 0. The second kappa shape index (κ2) is 7.47. The van der Waals surface area contributed by atoms with E-state index in [4.69, 9.17) is 0 Å². The highest BCUT2D eigenvalue weighted by Crippen LogP contribution is 2.25. The Hall–Kier alpha value is -1.69. The number of hydrogen-bond donors (Lipinski definition) is 1. The molecule has 0 spiro atoms. The van der Waals surface area contributed by atoms with Gasteiger partial charge >= 0.3 is 0 Å². The number of hydrogen-bond acceptors (Lipinski definition) is 4. The van der Waals surface area contributed by atoms with Crippen LogP contribution in [-0.2, 0) is 16.9 Å². The van der Waals surface area contributed by atoms with Crippen molar-refractivity contribution in [2.45, 2.75) is 25.5 Å². The molecule has 1 aliphatic rings. The van der Waals surface area contributed by atoms with Crippen LogP contribution in [0.15, 0.2) is 47.8 Å². The van der Waals surface area contributed by atoms with E-state index in [1.165, 1.54) is 4.88 Å². The van der Waals surface area contributed by atoms with Crippen molar-refractivity contribution in [3.8, 4) is 0 Å². The van der Waals surface area contributed by atoms with Crippen LogP contribution in [0.1, 0.15) is 23.8 Å². The fourth-order valence-electron chi connectivity index (χ4n) is 3.08. The monoisotopic (exact) mass is 344 g/mol. The van der Waals surface area contributed by atoms with Crippen molar-refractivity contribution in [2.24, 2.45) is 0 Å². The molecule has 1 atom stereocenters. The first-order chi connectivity index (χ1) is 11.5. The molecule has 0 bridgehead atoms. The van der Waals surface area contributed by atoms with Gasteiger partial charge in [0, 0.05) is 37.6 Å². The molecule has 2 heterocycles. The molecule has 1 aromatic carbocycles. The van der Waals surface area contributed by atoms with Crippen LogP contribution in [0.4, 0.5) is 0 Å². The van der Waals surface area contributed by atoms with E-state index in [1.54, 1.807) is 18.3 Å². The van der Waals surface area contributed by atoms with Gasteiger partial charge in [-0.15, -0.1) is 11.3 Å². The molecule has 0 unspecified atom stereocenters. The minimum atomic E-state index is -1.12. The third-order valence-corrected chi connectivity index (χ3v) is 5.44. The zero-order valence-electron chi connectivity index (χ0n) is 14.0. The maximum absolute atomic E-state index is 12.6. The molecule has 0 aliphatic carbocycles. The summed E-state index contributed by atoms with van der Waals surface area (Å²) in [5.41, 5.74) is -0.332. The number of aliphatic hydroxyl groups is 1. The predicted molar refractivity (Wildman–Crippen MR) is 96.8 cm³/mol. The Morgan fingerprint density at radius 3 is 2.46 bits per heavy atom. The number of nitrogens with zero attached hydrogens (tertiary/aromatic N) is 2. The van der Waals surface area contributed by atoms with E-state index in [0.29, 0.717) is 0 Å². The Kier molecular flexibility index (Phi) is 5.33. The molecule has 0 radical (unpaired) electrons. The lowest BCUT2D eigenvalue weighted by Crippen LogP contribution is -2.49. The maximum atomic E-state index is 12.6. The van der Waals surface area contributed by atoms with E-state index in [0.717, 1.165) is 38.3 Å². The molecule has 1 aliphatic heterocycles. The maximum Gasteiger partial charge on any atom is 0.225 e. The molecule has 24 heavy (non-hydrogen) atoms. The number of piperazine rings is 1. The van der Waals surface area contributed by atoms with E-state index in [9.17, 15) is 9.90 Å². The minimum absolute atomic E-state index is 0.0274. The number of carbonyl (C=O) groups excluding carboxylic acids is 1. The Balaban J connectivity index is 1.52. The van der Waals surface area contributed by atoms with Crippen LogP contribution in [0.3, 0.4) is 0 Å². The fourth-order valence-corrected chi connectivity index (χ4v) is 3.83. The van der Waals surface area contributed by atoms with E-state index in [1.807, 2.05) is 35.2 Å². The summed E-state index contributed by atoms with van der Waals surface area (Å²) in [6.45, 7) is 5.91. The highest BCUT2D eigenvalue weighted by molar-refractivity contribution is 7.09. The van der Waals surface area contributed by atoms with E-state index >= 15 is 0 Å². The molecule has 5 heteroatoms. The number of thiophene rings is 1. The molecule has 1 N–H and O–H groups in total. The summed E-state index contributed by atoms with van der Waals surface area (Å²) in [5.74, 6) is 0.0274. The number of benzene rings is 1. The zero-order valence-corrected chi connectivity index (χ0v) is 14.8. The van der Waals surface area contributed by atoms with Crippen molar-refractivity contribution < 1.29 is 9.90 Å². The van der Waals surface area contributed by atoms with Crippen LogP contribution in [0.5, 0.6) is 0 Å². The molecule has 1 fully saturated rings. The van der Waals surface area contributed by atoms with Crippen molar-refractivity contribution in [2.75, 3.05) is 26.2 Å². The third-order valence-electron chi connectivity index (χ3n) is 4.58. The quantitative estimate of drug-likeness (QED) is 0.907. The Morgan fingerprint density at radius 2 is 1.83 bits per heavy atom. The first-order valence-corrected chi connectivity index (χ1v) is 9.23. The van der Waals surface area contributed by atoms with Gasteiger partial charge in [0.05, 0.1) is 12.0 Å². The third kappa shape index (κ3) is 4.23. The van der Waals surface area contributed by atoms with Crippen LogP contribution in [0.2, 0.25) is 0 Å². The molecular formula is C19H24N2O2S. The second-order valence-corrected chi connectivity index (χ2v) is 7.59. The average Bonchev–Trinajstić information content (AvgIpc) is 3.09. The van der Waals surface area contributed by atoms with Gasteiger partial charge in [-0.25, -0.2) is 0 Å². The van der Waals surface area contributed by atoms with Gasteiger partial charge in [0.2, 0.25) is 5.91 Å². The summed E-state index contributed by atoms with van der Waals surface area (Å²) in [4.78, 5) is 18.2. The number of amides is 1. The Bertz CT molecular complexity index is 647. The molecule has 2 aromatic rings. The average molecular weight is 344 g/mol. The molecule has 128 valence electrons. The van der Waals surface area contributed by atoms with Gasteiger partial charge in [-0.3, -0.25) is 9.69 Å². The van der Waals surface area contributed by atoms with Crippen molar-refractivity contribution in [1.29, 1.82) is 0 Å².